The van der Waals surface area contributed by atoms with Crippen LogP contribution in [0.25, 0.3) is 0 Å². The molecule has 14 heavy (non-hydrogen) atoms. The fourth-order valence-corrected chi connectivity index (χ4v) is 0.795. The summed E-state index contributed by atoms with van der Waals surface area (Å²) in [6, 6.07) is 0. The summed E-state index contributed by atoms with van der Waals surface area (Å²) in [6.45, 7) is 0.456. The number of hydrogen-bond acceptors (Lipinski definition) is 3. The van der Waals surface area contributed by atoms with Gasteiger partial charge in [-0.05, 0) is 0 Å². The number of aromatic amines is 1. The predicted octanol–water partition coefficient (Wildman–Crippen LogP) is -2.06. The molecule has 1 aromatic rings. The van der Waals surface area contributed by atoms with Crippen LogP contribution >= 0.6 is 0 Å². The molecule has 76 valence electrons. The van der Waals surface area contributed by atoms with E-state index >= 15 is 0 Å². The van der Waals surface area contributed by atoms with Crippen LogP contribution in [0, 0.1) is 0 Å². The average molecular weight is 196 g/mol. The first-order valence-electron chi connectivity index (χ1n) is 3.92. The maximum Gasteiger partial charge on any atom is 0.218 e. The molecule has 0 unspecified atom stereocenters. The molecule has 1 rings (SSSR count). The third kappa shape index (κ3) is 3.52. The van der Waals surface area contributed by atoms with E-state index in [2.05, 4.69) is 25.2 Å². The van der Waals surface area contributed by atoms with Gasteiger partial charge in [-0.25, -0.2) is 4.98 Å². The molecule has 7 N–H and O–H groups in total. The second kappa shape index (κ2) is 4.80. The van der Waals surface area contributed by atoms with Crippen molar-refractivity contribution in [2.24, 2.45) is 27.2 Å². The first kappa shape index (κ1) is 9.96. The number of aromatic nitrogens is 3. The van der Waals surface area contributed by atoms with Crippen molar-refractivity contribution in [2.45, 2.75) is 6.42 Å². The summed E-state index contributed by atoms with van der Waals surface area (Å²) in [6.07, 6.45) is 2.04. The van der Waals surface area contributed by atoms with Crippen LogP contribution in [-0.2, 0) is 6.42 Å². The Morgan fingerprint density at radius 2 is 2.21 bits per heavy atom. The minimum Gasteiger partial charge on any atom is -0.370 e. The Labute approximate surface area is 80.3 Å². The summed E-state index contributed by atoms with van der Waals surface area (Å²) in [5.74, 6) is 0.696. The molecule has 0 amide bonds. The summed E-state index contributed by atoms with van der Waals surface area (Å²) >= 11 is 0. The van der Waals surface area contributed by atoms with Crippen molar-refractivity contribution in [1.82, 2.24) is 15.2 Å². The van der Waals surface area contributed by atoms with Gasteiger partial charge in [0.25, 0.3) is 0 Å². The molecule has 8 nitrogen and oxygen atoms in total. The number of aliphatic imine (C=N–C) groups is 2. The third-order valence-corrected chi connectivity index (χ3v) is 1.33. The van der Waals surface area contributed by atoms with Gasteiger partial charge in [0.1, 0.15) is 12.2 Å². The molecule has 1 aromatic heterocycles. The maximum atomic E-state index is 5.37. The lowest BCUT2D eigenvalue weighted by atomic mass is 10.4. The molecule has 0 aromatic carbocycles. The highest BCUT2D eigenvalue weighted by Gasteiger charge is 1.94. The zero-order chi connectivity index (χ0) is 10.4. The van der Waals surface area contributed by atoms with Gasteiger partial charge in [0.05, 0.1) is 0 Å². The van der Waals surface area contributed by atoms with Crippen LogP contribution in [0.5, 0.6) is 0 Å². The quantitative estimate of drug-likeness (QED) is 0.324. The molecule has 0 atom stereocenters. The summed E-state index contributed by atoms with van der Waals surface area (Å²) in [4.78, 5) is 11.4. The van der Waals surface area contributed by atoms with Crippen molar-refractivity contribution in [2.75, 3.05) is 6.54 Å². The molecular weight excluding hydrogens is 184 g/mol. The Bertz CT molecular complexity index is 320. The van der Waals surface area contributed by atoms with Gasteiger partial charge in [-0.1, -0.05) is 0 Å². The summed E-state index contributed by atoms with van der Waals surface area (Å²) in [7, 11) is 0. The van der Waals surface area contributed by atoms with E-state index in [4.69, 9.17) is 17.2 Å². The van der Waals surface area contributed by atoms with Crippen LogP contribution in [-0.4, -0.2) is 33.6 Å². The number of nitrogens with one attached hydrogen (secondary N) is 1. The standard InChI is InChI=1S/C6H12N8/c7-5(8)13-6(9)10-2-1-4-11-3-12-14-4/h3H,1-2H2,(H,11,12,14)(H6,7,8,9,10,13). The van der Waals surface area contributed by atoms with Crippen LogP contribution in [0.15, 0.2) is 16.3 Å². The van der Waals surface area contributed by atoms with Crippen molar-refractivity contribution in [3.63, 3.8) is 0 Å². The number of rotatable bonds is 3. The number of guanidine groups is 2. The van der Waals surface area contributed by atoms with Gasteiger partial charge in [0.2, 0.25) is 5.96 Å². The van der Waals surface area contributed by atoms with E-state index < -0.39 is 0 Å². The van der Waals surface area contributed by atoms with Crippen molar-refractivity contribution >= 4 is 11.9 Å². The average Bonchev–Trinajstić information content (AvgIpc) is 2.55. The molecule has 0 radical (unpaired) electrons. The van der Waals surface area contributed by atoms with Crippen molar-refractivity contribution < 1.29 is 0 Å². The lowest BCUT2D eigenvalue weighted by molar-refractivity contribution is 0.872. The zero-order valence-corrected chi connectivity index (χ0v) is 7.51. The highest BCUT2D eigenvalue weighted by Crippen LogP contribution is 1.88. The van der Waals surface area contributed by atoms with E-state index in [0.717, 1.165) is 5.82 Å². The largest absolute Gasteiger partial charge is 0.370 e. The van der Waals surface area contributed by atoms with E-state index in [1.165, 1.54) is 6.33 Å². The minimum absolute atomic E-state index is 0.0597. The molecule has 1 heterocycles. The molecule has 0 saturated carbocycles. The maximum absolute atomic E-state index is 5.37. The van der Waals surface area contributed by atoms with Crippen LogP contribution in [0.4, 0.5) is 0 Å². The number of hydrogen-bond donors (Lipinski definition) is 4. The normalized spacial score (nSPS) is 11.3. The molecule has 0 aliphatic carbocycles. The molecule has 8 heteroatoms. The van der Waals surface area contributed by atoms with Crippen molar-refractivity contribution in [3.05, 3.63) is 12.2 Å². The van der Waals surface area contributed by atoms with Gasteiger partial charge in [0, 0.05) is 13.0 Å². The van der Waals surface area contributed by atoms with E-state index in [1.807, 2.05) is 0 Å². The highest BCUT2D eigenvalue weighted by molar-refractivity contribution is 5.92. The number of nitrogens with zero attached hydrogens (tertiary/aromatic N) is 4. The van der Waals surface area contributed by atoms with Crippen LogP contribution in [0.3, 0.4) is 0 Å². The van der Waals surface area contributed by atoms with E-state index in [-0.39, 0.29) is 11.9 Å². The van der Waals surface area contributed by atoms with Crippen LogP contribution in [0.1, 0.15) is 5.82 Å². The Balaban J connectivity index is 2.37. The van der Waals surface area contributed by atoms with Crippen LogP contribution < -0.4 is 17.2 Å². The first-order valence-corrected chi connectivity index (χ1v) is 3.92. The van der Waals surface area contributed by atoms with Gasteiger partial charge < -0.3 is 17.2 Å². The van der Waals surface area contributed by atoms with Gasteiger partial charge in [0.15, 0.2) is 5.96 Å². The molecule has 0 aliphatic heterocycles. The monoisotopic (exact) mass is 196 g/mol. The Morgan fingerprint density at radius 3 is 2.79 bits per heavy atom. The first-order chi connectivity index (χ1) is 6.68. The molecule has 0 fully saturated rings. The van der Waals surface area contributed by atoms with Gasteiger partial charge in [-0.15, -0.1) is 0 Å². The van der Waals surface area contributed by atoms with Crippen molar-refractivity contribution in [1.29, 1.82) is 0 Å². The number of H-pyrrole nitrogens is 1. The fraction of sp³-hybridized carbons (Fsp3) is 0.333. The minimum atomic E-state index is -0.106. The molecule has 0 spiro atoms. The Hall–Kier alpha value is -2.12. The van der Waals surface area contributed by atoms with Gasteiger partial charge in [-0.3, -0.25) is 10.1 Å². The van der Waals surface area contributed by atoms with E-state index in [1.54, 1.807) is 0 Å². The summed E-state index contributed by atoms with van der Waals surface area (Å²) in [5.41, 5.74) is 15.6. The van der Waals surface area contributed by atoms with Crippen molar-refractivity contribution in [3.8, 4) is 0 Å². The summed E-state index contributed by atoms with van der Waals surface area (Å²) < 4.78 is 0. The second-order valence-corrected chi connectivity index (χ2v) is 2.46. The van der Waals surface area contributed by atoms with Crippen LogP contribution in [0.2, 0.25) is 0 Å². The number of nitrogens with two attached hydrogens (primary N) is 3. The van der Waals surface area contributed by atoms with Gasteiger partial charge in [-0.2, -0.15) is 10.1 Å². The Kier molecular flexibility index (Phi) is 3.41. The van der Waals surface area contributed by atoms with Gasteiger partial charge >= 0.3 is 0 Å². The fourth-order valence-electron chi connectivity index (χ4n) is 0.795. The molecule has 0 aliphatic rings. The third-order valence-electron chi connectivity index (χ3n) is 1.33. The topological polar surface area (TPSA) is 144 Å². The Morgan fingerprint density at radius 1 is 1.43 bits per heavy atom. The summed E-state index contributed by atoms with van der Waals surface area (Å²) in [5, 5.41) is 6.38. The molecule has 0 saturated heterocycles. The zero-order valence-electron chi connectivity index (χ0n) is 7.51. The lowest BCUT2D eigenvalue weighted by Gasteiger charge is -1.94. The molecule has 0 bridgehead atoms. The highest BCUT2D eigenvalue weighted by atomic mass is 15.2. The SMILES string of the molecule is NC(N)=NC(N)=NCCc1ncn[nH]1. The van der Waals surface area contributed by atoms with E-state index in [9.17, 15) is 0 Å². The molecular formula is C6H12N8. The van der Waals surface area contributed by atoms with E-state index in [0.29, 0.717) is 13.0 Å². The predicted molar refractivity (Wildman–Crippen MR) is 52.4 cm³/mol. The lowest BCUT2D eigenvalue weighted by Crippen LogP contribution is -2.26. The smallest absolute Gasteiger partial charge is 0.218 e. The second-order valence-electron chi connectivity index (χ2n) is 2.46.